The highest BCUT2D eigenvalue weighted by Crippen LogP contribution is 2.25. The molecule has 0 amide bonds. The van der Waals surface area contributed by atoms with Gasteiger partial charge < -0.3 is 10.1 Å². The molecule has 0 saturated carbocycles. The molecular weight excluding hydrogens is 240 g/mol. The highest BCUT2D eigenvalue weighted by molar-refractivity contribution is 5.73. The number of hydrogen-bond donors (Lipinski definition) is 2. The zero-order valence-electron chi connectivity index (χ0n) is 11.6. The van der Waals surface area contributed by atoms with E-state index in [2.05, 4.69) is 27.4 Å². The molecule has 0 saturated heterocycles. The Labute approximate surface area is 113 Å². The van der Waals surface area contributed by atoms with Gasteiger partial charge in [0.05, 0.1) is 6.61 Å². The molecule has 1 heterocycles. The minimum absolute atomic E-state index is 0.237. The Morgan fingerprint density at radius 2 is 2.16 bits per heavy atom. The second-order valence-corrected chi connectivity index (χ2v) is 4.49. The van der Waals surface area contributed by atoms with Gasteiger partial charge in [-0.15, -0.1) is 0 Å². The number of nitrogens with one attached hydrogen (secondary N) is 2. The smallest absolute Gasteiger partial charge is 0.183 e. The normalized spacial score (nSPS) is 12.4. The molecule has 2 rings (SSSR count). The number of aromatic nitrogens is 3. The molecule has 0 aliphatic rings. The molecule has 0 bridgehead atoms. The van der Waals surface area contributed by atoms with Crippen LogP contribution in [-0.4, -0.2) is 34.4 Å². The van der Waals surface area contributed by atoms with Crippen LogP contribution in [-0.2, 0) is 4.74 Å². The van der Waals surface area contributed by atoms with Gasteiger partial charge in [-0.2, -0.15) is 5.10 Å². The summed E-state index contributed by atoms with van der Waals surface area (Å²) < 4.78 is 5.42. The van der Waals surface area contributed by atoms with Crippen molar-refractivity contribution >= 4 is 5.69 Å². The van der Waals surface area contributed by atoms with Gasteiger partial charge in [0, 0.05) is 23.9 Å². The molecule has 1 aromatic heterocycles. The fourth-order valence-corrected chi connectivity index (χ4v) is 1.87. The van der Waals surface area contributed by atoms with Gasteiger partial charge in [-0.1, -0.05) is 12.1 Å². The molecule has 102 valence electrons. The molecular formula is C14H20N4O. The van der Waals surface area contributed by atoms with Crippen molar-refractivity contribution in [2.45, 2.75) is 26.8 Å². The summed E-state index contributed by atoms with van der Waals surface area (Å²) in [5.74, 6) is 1.52. The van der Waals surface area contributed by atoms with Gasteiger partial charge in [0.2, 0.25) is 0 Å². The Hall–Kier alpha value is -1.88. The number of benzene rings is 1. The van der Waals surface area contributed by atoms with E-state index in [-0.39, 0.29) is 6.04 Å². The number of hydrogen-bond acceptors (Lipinski definition) is 4. The molecule has 0 spiro atoms. The summed E-state index contributed by atoms with van der Waals surface area (Å²) in [6.45, 7) is 7.39. The molecule has 0 aliphatic carbocycles. The second kappa shape index (κ2) is 6.33. The van der Waals surface area contributed by atoms with Crippen LogP contribution in [0.25, 0.3) is 11.4 Å². The summed E-state index contributed by atoms with van der Waals surface area (Å²) in [6, 6.07) is 8.26. The lowest BCUT2D eigenvalue weighted by atomic mass is 10.1. The van der Waals surface area contributed by atoms with E-state index in [0.29, 0.717) is 12.4 Å². The average Bonchev–Trinajstić information content (AvgIpc) is 2.83. The van der Waals surface area contributed by atoms with Gasteiger partial charge in [0.15, 0.2) is 5.82 Å². The SMILES string of the molecule is CCOCC(C)Nc1ccccc1-c1n[nH]c(C)n1. The van der Waals surface area contributed by atoms with Crippen LogP contribution in [0.1, 0.15) is 19.7 Å². The number of H-pyrrole nitrogens is 1. The molecule has 2 N–H and O–H groups in total. The quantitative estimate of drug-likeness (QED) is 0.838. The van der Waals surface area contributed by atoms with Crippen LogP contribution in [0.15, 0.2) is 24.3 Å². The van der Waals surface area contributed by atoms with Crippen molar-refractivity contribution in [3.63, 3.8) is 0 Å². The van der Waals surface area contributed by atoms with Crippen LogP contribution in [0.2, 0.25) is 0 Å². The predicted octanol–water partition coefficient (Wildman–Crippen LogP) is 2.62. The van der Waals surface area contributed by atoms with E-state index in [1.165, 1.54) is 0 Å². The van der Waals surface area contributed by atoms with Gasteiger partial charge in [-0.3, -0.25) is 5.10 Å². The maximum atomic E-state index is 5.42. The topological polar surface area (TPSA) is 62.8 Å². The Morgan fingerprint density at radius 1 is 1.37 bits per heavy atom. The Bertz CT molecular complexity index is 524. The summed E-state index contributed by atoms with van der Waals surface area (Å²) in [5.41, 5.74) is 2.02. The van der Waals surface area contributed by atoms with Crippen LogP contribution in [0.3, 0.4) is 0 Å². The molecule has 1 atom stereocenters. The fraction of sp³-hybridized carbons (Fsp3) is 0.429. The zero-order chi connectivity index (χ0) is 13.7. The maximum absolute atomic E-state index is 5.42. The number of aromatic amines is 1. The first kappa shape index (κ1) is 13.5. The molecule has 5 nitrogen and oxygen atoms in total. The van der Waals surface area contributed by atoms with Crippen molar-refractivity contribution in [3.05, 3.63) is 30.1 Å². The number of aryl methyl sites for hydroxylation is 1. The van der Waals surface area contributed by atoms with Crippen LogP contribution < -0.4 is 5.32 Å². The minimum Gasteiger partial charge on any atom is -0.380 e. The van der Waals surface area contributed by atoms with E-state index in [1.54, 1.807) is 0 Å². The van der Waals surface area contributed by atoms with Crippen LogP contribution in [0.4, 0.5) is 5.69 Å². The number of ether oxygens (including phenoxy) is 1. The van der Waals surface area contributed by atoms with Crippen LogP contribution in [0.5, 0.6) is 0 Å². The van der Waals surface area contributed by atoms with Gasteiger partial charge in [-0.25, -0.2) is 4.98 Å². The van der Waals surface area contributed by atoms with Crippen LogP contribution in [0, 0.1) is 6.92 Å². The Balaban J connectivity index is 2.17. The monoisotopic (exact) mass is 260 g/mol. The van der Waals surface area contributed by atoms with Gasteiger partial charge in [-0.05, 0) is 32.9 Å². The first-order valence-corrected chi connectivity index (χ1v) is 6.53. The predicted molar refractivity (Wildman–Crippen MR) is 76.1 cm³/mol. The summed E-state index contributed by atoms with van der Waals surface area (Å²) >= 11 is 0. The molecule has 1 aromatic carbocycles. The number of nitrogens with zero attached hydrogens (tertiary/aromatic N) is 2. The van der Waals surface area contributed by atoms with Gasteiger partial charge >= 0.3 is 0 Å². The van der Waals surface area contributed by atoms with Crippen molar-refractivity contribution in [3.8, 4) is 11.4 Å². The van der Waals surface area contributed by atoms with E-state index in [0.717, 1.165) is 23.7 Å². The first-order chi connectivity index (χ1) is 9.20. The molecule has 1 unspecified atom stereocenters. The molecule has 0 fully saturated rings. The fourth-order valence-electron chi connectivity index (χ4n) is 1.87. The van der Waals surface area contributed by atoms with E-state index in [9.17, 15) is 0 Å². The Morgan fingerprint density at radius 3 is 2.84 bits per heavy atom. The van der Waals surface area contributed by atoms with Gasteiger partial charge in [0.25, 0.3) is 0 Å². The summed E-state index contributed by atoms with van der Waals surface area (Å²) in [4.78, 5) is 4.37. The third kappa shape index (κ3) is 3.54. The van der Waals surface area contributed by atoms with E-state index >= 15 is 0 Å². The first-order valence-electron chi connectivity index (χ1n) is 6.53. The van der Waals surface area contributed by atoms with Crippen LogP contribution >= 0.6 is 0 Å². The van der Waals surface area contributed by atoms with Crippen molar-refractivity contribution in [2.75, 3.05) is 18.5 Å². The summed E-state index contributed by atoms with van der Waals surface area (Å²) in [5, 5.41) is 10.5. The average molecular weight is 260 g/mol. The number of para-hydroxylation sites is 1. The summed E-state index contributed by atoms with van der Waals surface area (Å²) in [6.07, 6.45) is 0. The van der Waals surface area contributed by atoms with Crippen molar-refractivity contribution in [1.82, 2.24) is 15.2 Å². The lowest BCUT2D eigenvalue weighted by Crippen LogP contribution is -2.22. The largest absolute Gasteiger partial charge is 0.380 e. The van der Waals surface area contributed by atoms with E-state index < -0.39 is 0 Å². The number of anilines is 1. The van der Waals surface area contributed by atoms with Crippen molar-refractivity contribution < 1.29 is 4.74 Å². The molecule has 0 radical (unpaired) electrons. The zero-order valence-corrected chi connectivity index (χ0v) is 11.6. The minimum atomic E-state index is 0.237. The highest BCUT2D eigenvalue weighted by Gasteiger charge is 2.11. The lowest BCUT2D eigenvalue weighted by Gasteiger charge is -2.16. The standard InChI is InChI=1S/C14H20N4O/c1-4-19-9-10(2)15-13-8-6-5-7-12(13)14-16-11(3)17-18-14/h5-8,10,15H,4,9H2,1-3H3,(H,16,17,18). The molecule has 5 heteroatoms. The third-order valence-electron chi connectivity index (χ3n) is 2.74. The number of rotatable bonds is 6. The third-order valence-corrected chi connectivity index (χ3v) is 2.74. The van der Waals surface area contributed by atoms with E-state index in [4.69, 9.17) is 4.74 Å². The Kier molecular flexibility index (Phi) is 4.52. The second-order valence-electron chi connectivity index (χ2n) is 4.49. The van der Waals surface area contributed by atoms with Crippen molar-refractivity contribution in [1.29, 1.82) is 0 Å². The lowest BCUT2D eigenvalue weighted by molar-refractivity contribution is 0.141. The van der Waals surface area contributed by atoms with Gasteiger partial charge in [0.1, 0.15) is 5.82 Å². The maximum Gasteiger partial charge on any atom is 0.183 e. The van der Waals surface area contributed by atoms with E-state index in [1.807, 2.05) is 38.1 Å². The molecule has 19 heavy (non-hydrogen) atoms. The van der Waals surface area contributed by atoms with Crippen molar-refractivity contribution in [2.24, 2.45) is 0 Å². The highest BCUT2D eigenvalue weighted by atomic mass is 16.5. The molecule has 0 aliphatic heterocycles. The summed E-state index contributed by atoms with van der Waals surface area (Å²) in [7, 11) is 0. The molecule has 2 aromatic rings.